The van der Waals surface area contributed by atoms with Gasteiger partial charge in [0, 0.05) is 25.6 Å². The number of carboxylic acid groups (broad SMARTS) is 1. The first-order valence-electron chi connectivity index (χ1n) is 5.25. The molecule has 0 bridgehead atoms. The fourth-order valence-corrected chi connectivity index (χ4v) is 1.17. The van der Waals surface area contributed by atoms with Gasteiger partial charge in [-0.25, -0.2) is 4.79 Å². The summed E-state index contributed by atoms with van der Waals surface area (Å²) in [6.45, 7) is -0.0813. The summed E-state index contributed by atoms with van der Waals surface area (Å²) in [5.41, 5.74) is 0.786. The molecule has 0 saturated heterocycles. The van der Waals surface area contributed by atoms with Crippen molar-refractivity contribution in [2.24, 2.45) is 0 Å². The Morgan fingerprint density at radius 2 is 2.39 bits per heavy atom. The molecule has 0 aliphatic carbocycles. The van der Waals surface area contributed by atoms with Gasteiger partial charge in [0.2, 0.25) is 5.91 Å². The molecular weight excluding hydrogens is 236 g/mol. The van der Waals surface area contributed by atoms with Gasteiger partial charge in [0.1, 0.15) is 0 Å². The SMILES string of the molecule is COC(CNC(=O)/C=C/c1cccnc1)C(=O)O. The first-order valence-corrected chi connectivity index (χ1v) is 5.25. The van der Waals surface area contributed by atoms with Crippen molar-refractivity contribution in [2.45, 2.75) is 6.10 Å². The van der Waals surface area contributed by atoms with E-state index in [1.165, 1.54) is 13.2 Å². The second-order valence-electron chi connectivity index (χ2n) is 3.43. The third kappa shape index (κ3) is 4.75. The number of hydrogen-bond donors (Lipinski definition) is 2. The highest BCUT2D eigenvalue weighted by atomic mass is 16.5. The maximum Gasteiger partial charge on any atom is 0.334 e. The molecule has 1 atom stereocenters. The Kier molecular flexibility index (Phi) is 5.53. The van der Waals surface area contributed by atoms with Gasteiger partial charge in [-0.2, -0.15) is 0 Å². The van der Waals surface area contributed by atoms with Crippen LogP contribution in [0.25, 0.3) is 6.08 Å². The standard InChI is InChI=1S/C12H14N2O4/c1-18-10(12(16)17)8-14-11(15)5-4-9-3-2-6-13-7-9/h2-7,10H,8H2,1H3,(H,14,15)(H,16,17)/b5-4+. The first kappa shape index (κ1) is 13.9. The predicted molar refractivity (Wildman–Crippen MR) is 64.7 cm³/mol. The van der Waals surface area contributed by atoms with Crippen molar-refractivity contribution < 1.29 is 19.4 Å². The lowest BCUT2D eigenvalue weighted by atomic mass is 10.2. The zero-order chi connectivity index (χ0) is 13.4. The topological polar surface area (TPSA) is 88.5 Å². The zero-order valence-electron chi connectivity index (χ0n) is 9.87. The van der Waals surface area contributed by atoms with Crippen LogP contribution in [0, 0.1) is 0 Å². The molecule has 6 heteroatoms. The maximum absolute atomic E-state index is 11.4. The molecule has 0 aliphatic heterocycles. The van der Waals surface area contributed by atoms with Crippen molar-refractivity contribution in [3.05, 3.63) is 36.2 Å². The fourth-order valence-electron chi connectivity index (χ4n) is 1.17. The summed E-state index contributed by atoms with van der Waals surface area (Å²) in [6, 6.07) is 3.55. The van der Waals surface area contributed by atoms with Gasteiger partial charge < -0.3 is 15.2 Å². The fraction of sp³-hybridized carbons (Fsp3) is 0.250. The van der Waals surface area contributed by atoms with Crippen LogP contribution < -0.4 is 5.32 Å². The van der Waals surface area contributed by atoms with Gasteiger partial charge in [-0.1, -0.05) is 6.07 Å². The second-order valence-corrected chi connectivity index (χ2v) is 3.43. The molecule has 0 fully saturated rings. The molecule has 1 heterocycles. The van der Waals surface area contributed by atoms with Crippen LogP contribution in [0.3, 0.4) is 0 Å². The molecule has 1 amide bonds. The minimum Gasteiger partial charge on any atom is -0.479 e. The summed E-state index contributed by atoms with van der Waals surface area (Å²) in [4.78, 5) is 25.9. The van der Waals surface area contributed by atoms with E-state index >= 15 is 0 Å². The Hall–Kier alpha value is -2.21. The van der Waals surface area contributed by atoms with Crippen LogP contribution in [0.4, 0.5) is 0 Å². The summed E-state index contributed by atoms with van der Waals surface area (Å²) >= 11 is 0. The molecule has 0 aliphatic rings. The first-order chi connectivity index (χ1) is 8.63. The predicted octanol–water partition coefficient (Wildman–Crippen LogP) is 0.311. The number of carbonyl (C=O) groups is 2. The molecule has 1 aromatic heterocycles. The van der Waals surface area contributed by atoms with E-state index in [1.54, 1.807) is 30.6 Å². The number of hydrogen-bond acceptors (Lipinski definition) is 4. The quantitative estimate of drug-likeness (QED) is 0.709. The average Bonchev–Trinajstić information content (AvgIpc) is 2.38. The van der Waals surface area contributed by atoms with Crippen molar-refractivity contribution in [3.8, 4) is 0 Å². The van der Waals surface area contributed by atoms with Gasteiger partial charge in [-0.15, -0.1) is 0 Å². The second kappa shape index (κ2) is 7.18. The Bertz CT molecular complexity index is 431. The smallest absolute Gasteiger partial charge is 0.334 e. The zero-order valence-corrected chi connectivity index (χ0v) is 9.87. The maximum atomic E-state index is 11.4. The molecule has 0 radical (unpaired) electrons. The normalized spacial score (nSPS) is 12.3. The van der Waals surface area contributed by atoms with Crippen LogP contribution >= 0.6 is 0 Å². The van der Waals surface area contributed by atoms with Crippen LogP contribution in [0.2, 0.25) is 0 Å². The van der Waals surface area contributed by atoms with Crippen LogP contribution in [0.5, 0.6) is 0 Å². The number of amides is 1. The minimum absolute atomic E-state index is 0.0813. The highest BCUT2D eigenvalue weighted by molar-refractivity contribution is 5.92. The molecule has 0 aromatic carbocycles. The summed E-state index contributed by atoms with van der Waals surface area (Å²) in [5.74, 6) is -1.50. The van der Waals surface area contributed by atoms with Gasteiger partial charge in [0.15, 0.2) is 6.10 Å². The van der Waals surface area contributed by atoms with Crippen LogP contribution in [0.1, 0.15) is 5.56 Å². The number of ether oxygens (including phenoxy) is 1. The number of methoxy groups -OCH3 is 1. The van der Waals surface area contributed by atoms with E-state index in [1.807, 2.05) is 0 Å². The lowest BCUT2D eigenvalue weighted by Crippen LogP contribution is -2.37. The van der Waals surface area contributed by atoms with E-state index in [0.717, 1.165) is 5.56 Å². The lowest BCUT2D eigenvalue weighted by molar-refractivity contribution is -0.148. The van der Waals surface area contributed by atoms with Crippen LogP contribution in [0.15, 0.2) is 30.6 Å². The van der Waals surface area contributed by atoms with E-state index in [2.05, 4.69) is 15.0 Å². The molecule has 0 spiro atoms. The summed E-state index contributed by atoms with van der Waals surface area (Å²) < 4.78 is 4.68. The summed E-state index contributed by atoms with van der Waals surface area (Å²) in [7, 11) is 1.27. The van der Waals surface area contributed by atoms with Crippen LogP contribution in [-0.4, -0.2) is 41.7 Å². The van der Waals surface area contributed by atoms with Crippen molar-refractivity contribution in [2.75, 3.05) is 13.7 Å². The number of nitrogens with one attached hydrogen (secondary N) is 1. The highest BCUT2D eigenvalue weighted by Crippen LogP contribution is 1.98. The van der Waals surface area contributed by atoms with E-state index < -0.39 is 12.1 Å². The van der Waals surface area contributed by atoms with Crippen molar-refractivity contribution in [1.82, 2.24) is 10.3 Å². The minimum atomic E-state index is -1.12. The number of carbonyl (C=O) groups excluding carboxylic acids is 1. The molecule has 1 aromatic rings. The number of carboxylic acids is 1. The molecule has 0 saturated carbocycles. The van der Waals surface area contributed by atoms with Crippen molar-refractivity contribution in [3.63, 3.8) is 0 Å². The van der Waals surface area contributed by atoms with Gasteiger partial charge in [-0.3, -0.25) is 9.78 Å². The Morgan fingerprint density at radius 1 is 1.61 bits per heavy atom. The number of nitrogens with zero attached hydrogens (tertiary/aromatic N) is 1. The van der Waals surface area contributed by atoms with Crippen molar-refractivity contribution in [1.29, 1.82) is 0 Å². The monoisotopic (exact) mass is 250 g/mol. The molecule has 1 rings (SSSR count). The van der Waals surface area contributed by atoms with Gasteiger partial charge in [0.25, 0.3) is 0 Å². The third-order valence-electron chi connectivity index (χ3n) is 2.13. The number of pyridine rings is 1. The van der Waals surface area contributed by atoms with Crippen molar-refractivity contribution >= 4 is 18.0 Å². The molecule has 6 nitrogen and oxygen atoms in total. The van der Waals surface area contributed by atoms with E-state index in [0.29, 0.717) is 0 Å². The van der Waals surface area contributed by atoms with E-state index in [9.17, 15) is 9.59 Å². The largest absolute Gasteiger partial charge is 0.479 e. The Morgan fingerprint density at radius 3 is 2.94 bits per heavy atom. The number of rotatable bonds is 6. The molecule has 96 valence electrons. The average molecular weight is 250 g/mol. The Balaban J connectivity index is 2.43. The number of aliphatic carboxylic acids is 1. The molecule has 1 unspecified atom stereocenters. The van der Waals surface area contributed by atoms with Gasteiger partial charge >= 0.3 is 5.97 Å². The summed E-state index contributed by atoms with van der Waals surface area (Å²) in [6.07, 6.45) is 5.10. The van der Waals surface area contributed by atoms with Gasteiger partial charge in [-0.05, 0) is 17.7 Å². The third-order valence-corrected chi connectivity index (χ3v) is 2.13. The highest BCUT2D eigenvalue weighted by Gasteiger charge is 2.16. The molecule has 18 heavy (non-hydrogen) atoms. The van der Waals surface area contributed by atoms with Crippen LogP contribution in [-0.2, 0) is 14.3 Å². The van der Waals surface area contributed by atoms with E-state index in [-0.39, 0.29) is 12.5 Å². The Labute approximate surface area is 104 Å². The number of aromatic nitrogens is 1. The molecule has 2 N–H and O–H groups in total. The summed E-state index contributed by atoms with van der Waals surface area (Å²) in [5, 5.41) is 11.1. The molecular formula is C12H14N2O4. The van der Waals surface area contributed by atoms with E-state index in [4.69, 9.17) is 5.11 Å². The lowest BCUT2D eigenvalue weighted by Gasteiger charge is -2.09. The van der Waals surface area contributed by atoms with Gasteiger partial charge in [0.05, 0.1) is 6.54 Å².